The van der Waals surface area contributed by atoms with E-state index < -0.39 is 0 Å². The summed E-state index contributed by atoms with van der Waals surface area (Å²) < 4.78 is 0. The molecule has 0 aliphatic rings. The number of aryl methyl sites for hydroxylation is 2. The maximum Gasteiger partial charge on any atom is -0.00990 e. The Morgan fingerprint density at radius 3 is 1.02 bits per heavy atom. The van der Waals surface area contributed by atoms with E-state index in [1.54, 1.807) is 0 Å². The third kappa shape index (κ3) is 9.36. The molecule has 0 saturated heterocycles. The molecule has 40 heavy (non-hydrogen) atoms. The van der Waals surface area contributed by atoms with Crippen LogP contribution in [0, 0.1) is 0 Å². The molecule has 0 fully saturated rings. The smallest absolute Gasteiger partial charge is 0.00990 e. The van der Waals surface area contributed by atoms with Crippen molar-refractivity contribution in [3.63, 3.8) is 0 Å². The fraction of sp³-hybridized carbons (Fsp3) is 0.550. The standard InChI is InChI=1S/C40H56/c1-3-5-7-9-11-13-15-17-19-21-33-23-27-37-35(31-33)25-29-40-38-28-24-34(32-36(38)26-30-39(37)40)22-20-18-16-14-12-10-8-6-4-2/h23-32H,3-22H2,1-2H3. The average Bonchev–Trinajstić information content (AvgIpc) is 2.98. The first kappa shape index (κ1) is 30.6. The highest BCUT2D eigenvalue weighted by molar-refractivity contribution is 6.17. The highest BCUT2D eigenvalue weighted by Gasteiger charge is 2.07. The van der Waals surface area contributed by atoms with Gasteiger partial charge in [0.2, 0.25) is 0 Å². The predicted molar refractivity (Wildman–Crippen MR) is 181 cm³/mol. The Balaban J connectivity index is 1.28. The van der Waals surface area contributed by atoms with Gasteiger partial charge >= 0.3 is 0 Å². The van der Waals surface area contributed by atoms with Gasteiger partial charge in [0, 0.05) is 0 Å². The average molecular weight is 537 g/mol. The van der Waals surface area contributed by atoms with Crippen molar-refractivity contribution in [2.24, 2.45) is 0 Å². The Kier molecular flexibility index (Phi) is 13.4. The van der Waals surface area contributed by atoms with Gasteiger partial charge in [-0.3, -0.25) is 0 Å². The molecule has 0 N–H and O–H groups in total. The number of hydrogen-bond acceptors (Lipinski definition) is 0. The van der Waals surface area contributed by atoms with Gasteiger partial charge in [0.25, 0.3) is 0 Å². The molecular weight excluding hydrogens is 480 g/mol. The highest BCUT2D eigenvalue weighted by atomic mass is 14.1. The summed E-state index contributed by atoms with van der Waals surface area (Å²) in [6.45, 7) is 4.59. The monoisotopic (exact) mass is 536 g/mol. The largest absolute Gasteiger partial charge is 0.0654 e. The molecule has 0 radical (unpaired) electrons. The quantitative estimate of drug-likeness (QED) is 0.0778. The zero-order valence-corrected chi connectivity index (χ0v) is 25.9. The predicted octanol–water partition coefficient (Wildman–Crippen LogP) is 13.3. The zero-order chi connectivity index (χ0) is 27.8. The van der Waals surface area contributed by atoms with Crippen LogP contribution in [-0.4, -0.2) is 0 Å². The van der Waals surface area contributed by atoms with Gasteiger partial charge in [-0.05, 0) is 69.1 Å². The molecule has 0 saturated carbocycles. The van der Waals surface area contributed by atoms with Crippen molar-refractivity contribution in [1.29, 1.82) is 0 Å². The van der Waals surface area contributed by atoms with Crippen LogP contribution in [0.1, 0.15) is 141 Å². The maximum atomic E-state index is 2.44. The number of hydrogen-bond donors (Lipinski definition) is 0. The molecule has 0 aromatic heterocycles. The van der Waals surface area contributed by atoms with E-state index in [9.17, 15) is 0 Å². The molecule has 0 spiro atoms. The van der Waals surface area contributed by atoms with Gasteiger partial charge in [-0.25, -0.2) is 0 Å². The zero-order valence-electron chi connectivity index (χ0n) is 25.9. The van der Waals surface area contributed by atoms with Gasteiger partial charge in [-0.15, -0.1) is 0 Å². The summed E-state index contributed by atoms with van der Waals surface area (Å²) in [6.07, 6.45) is 27.5. The number of rotatable bonds is 20. The number of benzene rings is 4. The van der Waals surface area contributed by atoms with E-state index in [4.69, 9.17) is 0 Å². The summed E-state index contributed by atoms with van der Waals surface area (Å²) in [6, 6.07) is 23.8. The van der Waals surface area contributed by atoms with Crippen LogP contribution in [0.15, 0.2) is 60.7 Å². The Hall–Kier alpha value is -2.34. The third-order valence-corrected chi connectivity index (χ3v) is 9.10. The normalized spacial score (nSPS) is 11.8. The SMILES string of the molecule is CCCCCCCCCCCc1ccc2c(ccc3c4ccc(CCCCCCCCCCC)cc4ccc23)c1. The molecule has 4 rings (SSSR count). The van der Waals surface area contributed by atoms with Crippen LogP contribution in [0.2, 0.25) is 0 Å². The topological polar surface area (TPSA) is 0 Å². The lowest BCUT2D eigenvalue weighted by molar-refractivity contribution is 0.565. The Morgan fingerprint density at radius 2 is 0.650 bits per heavy atom. The fourth-order valence-electron chi connectivity index (χ4n) is 6.58. The summed E-state index contributed by atoms with van der Waals surface area (Å²) in [5.41, 5.74) is 2.99. The van der Waals surface area contributed by atoms with E-state index in [0.717, 1.165) is 0 Å². The van der Waals surface area contributed by atoms with Crippen molar-refractivity contribution < 1.29 is 0 Å². The van der Waals surface area contributed by atoms with Crippen LogP contribution in [-0.2, 0) is 12.8 Å². The van der Waals surface area contributed by atoms with Crippen molar-refractivity contribution in [2.75, 3.05) is 0 Å². The molecule has 0 aliphatic carbocycles. The number of fused-ring (bicyclic) bond motifs is 5. The van der Waals surface area contributed by atoms with Crippen molar-refractivity contribution in [2.45, 2.75) is 142 Å². The van der Waals surface area contributed by atoms with Gasteiger partial charge in [0.05, 0.1) is 0 Å². The third-order valence-electron chi connectivity index (χ3n) is 9.10. The second-order valence-corrected chi connectivity index (χ2v) is 12.5. The first-order valence-corrected chi connectivity index (χ1v) is 17.2. The van der Waals surface area contributed by atoms with Gasteiger partial charge in [-0.2, -0.15) is 0 Å². The van der Waals surface area contributed by atoms with Gasteiger partial charge in [0.15, 0.2) is 0 Å². The fourth-order valence-corrected chi connectivity index (χ4v) is 6.58. The minimum absolute atomic E-state index is 1.21. The van der Waals surface area contributed by atoms with Crippen LogP contribution in [0.3, 0.4) is 0 Å². The molecular formula is C40H56. The van der Waals surface area contributed by atoms with Crippen molar-refractivity contribution in [3.8, 4) is 0 Å². The molecule has 0 bridgehead atoms. The van der Waals surface area contributed by atoms with Gasteiger partial charge in [0.1, 0.15) is 0 Å². The molecule has 0 heteroatoms. The Bertz CT molecular complexity index is 1180. The van der Waals surface area contributed by atoms with Gasteiger partial charge < -0.3 is 0 Å². The van der Waals surface area contributed by atoms with E-state index in [2.05, 4.69) is 74.5 Å². The molecule has 0 atom stereocenters. The van der Waals surface area contributed by atoms with Crippen LogP contribution in [0.4, 0.5) is 0 Å². The second-order valence-electron chi connectivity index (χ2n) is 12.5. The van der Waals surface area contributed by atoms with Gasteiger partial charge in [-0.1, -0.05) is 177 Å². The molecule has 4 aromatic carbocycles. The molecule has 216 valence electrons. The van der Waals surface area contributed by atoms with Crippen LogP contribution in [0.5, 0.6) is 0 Å². The molecule has 0 amide bonds. The first-order valence-electron chi connectivity index (χ1n) is 17.2. The van der Waals surface area contributed by atoms with Crippen LogP contribution >= 0.6 is 0 Å². The van der Waals surface area contributed by atoms with E-state index >= 15 is 0 Å². The van der Waals surface area contributed by atoms with Crippen molar-refractivity contribution in [1.82, 2.24) is 0 Å². The molecule has 0 aliphatic heterocycles. The summed E-state index contributed by atoms with van der Waals surface area (Å²) in [5.74, 6) is 0. The lowest BCUT2D eigenvalue weighted by atomic mass is 9.94. The van der Waals surface area contributed by atoms with E-state index in [1.165, 1.54) is 172 Å². The molecule has 0 heterocycles. The lowest BCUT2D eigenvalue weighted by Crippen LogP contribution is -1.89. The lowest BCUT2D eigenvalue weighted by Gasteiger charge is -2.11. The summed E-state index contributed by atoms with van der Waals surface area (Å²) in [5, 5.41) is 8.37. The van der Waals surface area contributed by atoms with Crippen LogP contribution < -0.4 is 0 Å². The van der Waals surface area contributed by atoms with Crippen LogP contribution in [0.25, 0.3) is 32.3 Å². The maximum absolute atomic E-state index is 2.44. The minimum Gasteiger partial charge on any atom is -0.0654 e. The Morgan fingerprint density at radius 1 is 0.325 bits per heavy atom. The second kappa shape index (κ2) is 17.5. The van der Waals surface area contributed by atoms with E-state index in [1.807, 2.05) is 0 Å². The molecule has 4 aromatic rings. The highest BCUT2D eigenvalue weighted by Crippen LogP contribution is 2.32. The summed E-state index contributed by atoms with van der Waals surface area (Å²) in [7, 11) is 0. The summed E-state index contributed by atoms with van der Waals surface area (Å²) in [4.78, 5) is 0. The first-order chi connectivity index (χ1) is 19.8. The summed E-state index contributed by atoms with van der Waals surface area (Å²) >= 11 is 0. The van der Waals surface area contributed by atoms with Crippen molar-refractivity contribution in [3.05, 3.63) is 71.8 Å². The van der Waals surface area contributed by atoms with Crippen molar-refractivity contribution >= 4 is 32.3 Å². The molecule has 0 unspecified atom stereocenters. The van der Waals surface area contributed by atoms with E-state index in [0.29, 0.717) is 0 Å². The molecule has 0 nitrogen and oxygen atoms in total. The number of unbranched alkanes of at least 4 members (excludes halogenated alkanes) is 16. The minimum atomic E-state index is 1.21. The Labute approximate surface area is 246 Å². The van der Waals surface area contributed by atoms with E-state index in [-0.39, 0.29) is 0 Å².